The number of hydrogen-bond acceptors (Lipinski definition) is 5. The van der Waals surface area contributed by atoms with E-state index in [0.717, 1.165) is 17.7 Å². The Morgan fingerprint density at radius 1 is 1.26 bits per heavy atom. The summed E-state index contributed by atoms with van der Waals surface area (Å²) >= 11 is 0. The van der Waals surface area contributed by atoms with Crippen LogP contribution in [0.25, 0.3) is 11.1 Å². The SMILES string of the molecule is CCCOc1cc(C)ccc1NC(=O)c1cc(C(C)C)nc2onc(C)c12. The first-order valence-corrected chi connectivity index (χ1v) is 9.22. The van der Waals surface area contributed by atoms with E-state index in [9.17, 15) is 4.79 Å². The molecular formula is C21H25N3O3. The predicted octanol–water partition coefficient (Wildman–Crippen LogP) is 5.00. The molecule has 0 bridgehead atoms. The van der Waals surface area contributed by atoms with Crippen molar-refractivity contribution in [3.63, 3.8) is 0 Å². The second kappa shape index (κ2) is 7.78. The van der Waals surface area contributed by atoms with Gasteiger partial charge in [-0.3, -0.25) is 4.79 Å². The topological polar surface area (TPSA) is 77.2 Å². The molecule has 1 N–H and O–H groups in total. The molecule has 0 unspecified atom stereocenters. The molecule has 2 aromatic heterocycles. The third-order valence-electron chi connectivity index (χ3n) is 4.32. The molecule has 6 nitrogen and oxygen atoms in total. The lowest BCUT2D eigenvalue weighted by atomic mass is 10.0. The fourth-order valence-electron chi connectivity index (χ4n) is 2.84. The number of anilines is 1. The van der Waals surface area contributed by atoms with Crippen LogP contribution in [0, 0.1) is 13.8 Å². The minimum atomic E-state index is -0.235. The summed E-state index contributed by atoms with van der Waals surface area (Å²) in [5.41, 5.74) is 4.03. The summed E-state index contributed by atoms with van der Waals surface area (Å²) in [6.45, 7) is 10.5. The van der Waals surface area contributed by atoms with Gasteiger partial charge in [0.15, 0.2) is 0 Å². The van der Waals surface area contributed by atoms with Crippen LogP contribution < -0.4 is 10.1 Å². The van der Waals surface area contributed by atoms with Crippen LogP contribution in [-0.2, 0) is 0 Å². The molecule has 0 fully saturated rings. The summed E-state index contributed by atoms with van der Waals surface area (Å²) in [5.74, 6) is 0.594. The molecule has 3 rings (SSSR count). The van der Waals surface area contributed by atoms with Crippen LogP contribution >= 0.6 is 0 Å². The average molecular weight is 367 g/mol. The molecule has 0 aliphatic carbocycles. The Labute approximate surface area is 158 Å². The van der Waals surface area contributed by atoms with E-state index in [2.05, 4.69) is 15.5 Å². The first-order valence-electron chi connectivity index (χ1n) is 9.22. The van der Waals surface area contributed by atoms with Crippen LogP contribution in [0.2, 0.25) is 0 Å². The number of nitrogens with zero attached hydrogens (tertiary/aromatic N) is 2. The highest BCUT2D eigenvalue weighted by Crippen LogP contribution is 2.29. The van der Waals surface area contributed by atoms with Gasteiger partial charge >= 0.3 is 0 Å². The lowest BCUT2D eigenvalue weighted by molar-refractivity contribution is 0.102. The number of nitrogens with one attached hydrogen (secondary N) is 1. The fourth-order valence-corrected chi connectivity index (χ4v) is 2.84. The van der Waals surface area contributed by atoms with Gasteiger partial charge in [-0.2, -0.15) is 0 Å². The average Bonchev–Trinajstić information content (AvgIpc) is 3.02. The Morgan fingerprint density at radius 3 is 2.74 bits per heavy atom. The summed E-state index contributed by atoms with van der Waals surface area (Å²) in [4.78, 5) is 17.6. The zero-order valence-corrected chi connectivity index (χ0v) is 16.4. The van der Waals surface area contributed by atoms with Crippen molar-refractivity contribution in [1.82, 2.24) is 10.1 Å². The molecule has 3 aromatic rings. The second-order valence-corrected chi connectivity index (χ2v) is 7.00. The Bertz CT molecular complexity index is 976. The van der Waals surface area contributed by atoms with Crippen LogP contribution in [0.15, 0.2) is 28.8 Å². The smallest absolute Gasteiger partial charge is 0.259 e. The van der Waals surface area contributed by atoms with E-state index < -0.39 is 0 Å². The van der Waals surface area contributed by atoms with Gasteiger partial charge in [0.1, 0.15) is 5.75 Å². The Balaban J connectivity index is 2.01. The maximum atomic E-state index is 13.1. The number of hydrogen-bond donors (Lipinski definition) is 1. The standard InChI is InChI=1S/C21H25N3O3/c1-6-9-26-18-10-13(4)7-8-16(18)22-20(25)15-11-17(12(2)3)23-21-19(15)14(5)24-27-21/h7-8,10-12H,6,9H2,1-5H3,(H,22,25). The van der Waals surface area contributed by atoms with Crippen LogP contribution in [0.3, 0.4) is 0 Å². The largest absolute Gasteiger partial charge is 0.491 e. The maximum Gasteiger partial charge on any atom is 0.259 e. The first kappa shape index (κ1) is 18.9. The number of aryl methyl sites for hydroxylation is 2. The molecule has 0 radical (unpaired) electrons. The molecule has 0 atom stereocenters. The van der Waals surface area contributed by atoms with Gasteiger partial charge in [-0.05, 0) is 49.9 Å². The minimum absolute atomic E-state index is 0.161. The molecular weight excluding hydrogens is 342 g/mol. The summed E-state index contributed by atoms with van der Waals surface area (Å²) < 4.78 is 11.1. The van der Waals surface area contributed by atoms with Gasteiger partial charge in [-0.15, -0.1) is 0 Å². The van der Waals surface area contributed by atoms with E-state index >= 15 is 0 Å². The highest BCUT2D eigenvalue weighted by Gasteiger charge is 2.20. The van der Waals surface area contributed by atoms with E-state index in [-0.39, 0.29) is 11.8 Å². The van der Waals surface area contributed by atoms with Crippen molar-refractivity contribution in [2.75, 3.05) is 11.9 Å². The van der Waals surface area contributed by atoms with Gasteiger partial charge in [0.2, 0.25) is 0 Å². The first-order chi connectivity index (χ1) is 12.9. The number of carbonyl (C=O) groups excluding carboxylic acids is 1. The fraction of sp³-hybridized carbons (Fsp3) is 0.381. The molecule has 142 valence electrons. The van der Waals surface area contributed by atoms with Crippen LogP contribution in [0.4, 0.5) is 5.69 Å². The van der Waals surface area contributed by atoms with Crippen molar-refractivity contribution in [3.8, 4) is 5.75 Å². The van der Waals surface area contributed by atoms with Crippen molar-refractivity contribution < 1.29 is 14.1 Å². The van der Waals surface area contributed by atoms with Gasteiger partial charge in [0.05, 0.1) is 28.9 Å². The molecule has 0 aliphatic heterocycles. The number of benzene rings is 1. The number of pyridine rings is 1. The third kappa shape index (κ3) is 3.94. The number of fused-ring (bicyclic) bond motifs is 1. The zero-order chi connectivity index (χ0) is 19.6. The Kier molecular flexibility index (Phi) is 5.44. The number of carbonyl (C=O) groups is 1. The van der Waals surface area contributed by atoms with Gasteiger partial charge in [0, 0.05) is 5.69 Å². The van der Waals surface area contributed by atoms with Crippen molar-refractivity contribution in [3.05, 3.63) is 46.8 Å². The molecule has 0 aliphatic rings. The molecule has 27 heavy (non-hydrogen) atoms. The highest BCUT2D eigenvalue weighted by molar-refractivity contribution is 6.12. The number of aromatic nitrogens is 2. The zero-order valence-electron chi connectivity index (χ0n) is 16.4. The monoisotopic (exact) mass is 367 g/mol. The predicted molar refractivity (Wildman–Crippen MR) is 106 cm³/mol. The van der Waals surface area contributed by atoms with E-state index in [0.29, 0.717) is 40.4 Å². The van der Waals surface area contributed by atoms with Gasteiger partial charge in [-0.1, -0.05) is 32.0 Å². The number of amides is 1. The number of ether oxygens (including phenoxy) is 1. The van der Waals surface area contributed by atoms with Crippen molar-refractivity contribution in [2.45, 2.75) is 47.0 Å². The quantitative estimate of drug-likeness (QED) is 0.663. The molecule has 2 heterocycles. The Hall–Kier alpha value is -2.89. The van der Waals surface area contributed by atoms with Gasteiger partial charge < -0.3 is 14.6 Å². The maximum absolute atomic E-state index is 13.1. The summed E-state index contributed by atoms with van der Waals surface area (Å²) in [6.07, 6.45) is 0.893. The van der Waals surface area contributed by atoms with E-state index in [4.69, 9.17) is 9.26 Å². The van der Waals surface area contributed by atoms with Gasteiger partial charge in [-0.25, -0.2) is 4.98 Å². The van der Waals surface area contributed by atoms with E-state index in [1.165, 1.54) is 0 Å². The summed E-state index contributed by atoms with van der Waals surface area (Å²) in [5, 5.41) is 7.59. The Morgan fingerprint density at radius 2 is 2.04 bits per heavy atom. The van der Waals surface area contributed by atoms with Crippen molar-refractivity contribution >= 4 is 22.7 Å². The van der Waals surface area contributed by atoms with Crippen molar-refractivity contribution in [1.29, 1.82) is 0 Å². The second-order valence-electron chi connectivity index (χ2n) is 7.00. The summed E-state index contributed by atoms with van der Waals surface area (Å²) in [7, 11) is 0. The third-order valence-corrected chi connectivity index (χ3v) is 4.32. The minimum Gasteiger partial charge on any atom is -0.491 e. The van der Waals surface area contributed by atoms with E-state index in [1.807, 2.05) is 52.0 Å². The molecule has 0 saturated carbocycles. The lowest BCUT2D eigenvalue weighted by Crippen LogP contribution is -2.15. The van der Waals surface area contributed by atoms with E-state index in [1.54, 1.807) is 6.92 Å². The van der Waals surface area contributed by atoms with Gasteiger partial charge in [0.25, 0.3) is 11.6 Å². The molecule has 6 heteroatoms. The molecule has 0 saturated heterocycles. The van der Waals surface area contributed by atoms with Crippen LogP contribution in [-0.4, -0.2) is 22.7 Å². The number of rotatable bonds is 6. The summed E-state index contributed by atoms with van der Waals surface area (Å²) in [6, 6.07) is 7.55. The van der Waals surface area contributed by atoms with Crippen molar-refractivity contribution in [2.24, 2.45) is 0 Å². The normalized spacial score (nSPS) is 11.2. The van der Waals surface area contributed by atoms with Crippen LogP contribution in [0.5, 0.6) is 5.75 Å². The molecule has 1 amide bonds. The molecule has 0 spiro atoms. The molecule has 1 aromatic carbocycles. The highest BCUT2D eigenvalue weighted by atomic mass is 16.5. The van der Waals surface area contributed by atoms with Crippen LogP contribution in [0.1, 0.15) is 60.4 Å². The lowest BCUT2D eigenvalue weighted by Gasteiger charge is -2.14.